The van der Waals surface area contributed by atoms with Gasteiger partial charge in [0.2, 0.25) is 0 Å². The van der Waals surface area contributed by atoms with Gasteiger partial charge in [0.15, 0.2) is 5.82 Å². The molecule has 0 aliphatic carbocycles. The van der Waals surface area contributed by atoms with E-state index >= 15 is 0 Å². The zero-order valence-electron chi connectivity index (χ0n) is 15.3. The van der Waals surface area contributed by atoms with E-state index < -0.39 is 0 Å². The van der Waals surface area contributed by atoms with Crippen LogP contribution in [0.4, 0.5) is 0 Å². The summed E-state index contributed by atoms with van der Waals surface area (Å²) in [5.41, 5.74) is 3.24. The summed E-state index contributed by atoms with van der Waals surface area (Å²) in [5.74, 6) is 0.788. The number of aryl methyl sites for hydroxylation is 1. The number of hydrogen-bond donors (Lipinski definition) is 0. The van der Waals surface area contributed by atoms with Crippen LogP contribution in [0.25, 0.3) is 22.8 Å². The standard InChI is InChI=1S/C21H16ClN5S/c1-26-12-11-18(25-26)20-24-19(15-5-3-14(13-23)4-6-15)21(27(20)2)28-17-9-7-16(22)8-10-17/h3-12H,1-2H3. The van der Waals surface area contributed by atoms with E-state index in [1.54, 1.807) is 28.6 Å². The van der Waals surface area contributed by atoms with E-state index in [0.29, 0.717) is 10.6 Å². The third kappa shape index (κ3) is 3.55. The van der Waals surface area contributed by atoms with Gasteiger partial charge < -0.3 is 4.57 Å². The SMILES string of the molecule is Cn1ccc(-c2nc(-c3ccc(C#N)cc3)c(Sc3ccc(Cl)cc3)n2C)n1. The maximum atomic E-state index is 9.07. The van der Waals surface area contributed by atoms with Gasteiger partial charge in [-0.05, 0) is 42.5 Å². The van der Waals surface area contributed by atoms with Gasteiger partial charge >= 0.3 is 0 Å². The molecule has 0 N–H and O–H groups in total. The van der Waals surface area contributed by atoms with Gasteiger partial charge in [-0.25, -0.2) is 4.98 Å². The Balaban J connectivity index is 1.84. The normalized spacial score (nSPS) is 10.8. The highest BCUT2D eigenvalue weighted by atomic mass is 35.5. The van der Waals surface area contributed by atoms with Gasteiger partial charge in [-0.1, -0.05) is 35.5 Å². The second-order valence-corrected chi connectivity index (χ2v) is 7.77. The van der Waals surface area contributed by atoms with Crippen molar-refractivity contribution in [2.45, 2.75) is 9.92 Å². The first-order chi connectivity index (χ1) is 13.5. The van der Waals surface area contributed by atoms with Crippen molar-refractivity contribution >= 4 is 23.4 Å². The predicted octanol–water partition coefficient (Wildman–Crippen LogP) is 5.16. The van der Waals surface area contributed by atoms with Crippen molar-refractivity contribution in [1.29, 1.82) is 5.26 Å². The fourth-order valence-corrected chi connectivity index (χ4v) is 3.97. The van der Waals surface area contributed by atoms with Crippen LogP contribution in [-0.2, 0) is 14.1 Å². The predicted molar refractivity (Wildman–Crippen MR) is 111 cm³/mol. The van der Waals surface area contributed by atoms with Crippen LogP contribution in [0.15, 0.2) is 70.7 Å². The average Bonchev–Trinajstić information content (AvgIpc) is 3.27. The fourth-order valence-electron chi connectivity index (χ4n) is 2.87. The number of imidazole rings is 1. The zero-order chi connectivity index (χ0) is 19.7. The van der Waals surface area contributed by atoms with E-state index in [1.807, 2.05) is 62.8 Å². The first-order valence-electron chi connectivity index (χ1n) is 8.56. The van der Waals surface area contributed by atoms with Gasteiger partial charge in [0.25, 0.3) is 0 Å². The number of benzene rings is 2. The molecule has 0 amide bonds. The largest absolute Gasteiger partial charge is 0.320 e. The summed E-state index contributed by atoms with van der Waals surface area (Å²) in [7, 11) is 3.87. The smallest absolute Gasteiger partial charge is 0.161 e. The zero-order valence-corrected chi connectivity index (χ0v) is 16.9. The Morgan fingerprint density at radius 3 is 2.32 bits per heavy atom. The highest BCUT2D eigenvalue weighted by molar-refractivity contribution is 7.99. The number of rotatable bonds is 4. The van der Waals surface area contributed by atoms with E-state index in [2.05, 4.69) is 15.7 Å². The van der Waals surface area contributed by atoms with Crippen LogP contribution < -0.4 is 0 Å². The molecule has 0 aliphatic heterocycles. The topological polar surface area (TPSA) is 59.4 Å². The number of aromatic nitrogens is 4. The van der Waals surface area contributed by atoms with E-state index in [-0.39, 0.29) is 0 Å². The van der Waals surface area contributed by atoms with Crippen molar-refractivity contribution in [3.63, 3.8) is 0 Å². The lowest BCUT2D eigenvalue weighted by Crippen LogP contribution is -1.96. The molecule has 2 aromatic heterocycles. The van der Waals surface area contributed by atoms with Crippen LogP contribution >= 0.6 is 23.4 Å². The van der Waals surface area contributed by atoms with E-state index in [9.17, 15) is 0 Å². The van der Waals surface area contributed by atoms with E-state index in [0.717, 1.165) is 32.7 Å². The molecular weight excluding hydrogens is 390 g/mol. The fraction of sp³-hybridized carbons (Fsp3) is 0.0952. The van der Waals surface area contributed by atoms with Crippen LogP contribution in [-0.4, -0.2) is 19.3 Å². The lowest BCUT2D eigenvalue weighted by molar-refractivity contribution is 0.761. The Hall–Kier alpha value is -3.01. The molecule has 0 spiro atoms. The van der Waals surface area contributed by atoms with Crippen LogP contribution in [0, 0.1) is 11.3 Å². The summed E-state index contributed by atoms with van der Waals surface area (Å²) >= 11 is 7.64. The minimum atomic E-state index is 0.622. The Morgan fingerprint density at radius 1 is 1.00 bits per heavy atom. The highest BCUT2D eigenvalue weighted by Crippen LogP contribution is 2.38. The molecule has 138 valence electrons. The molecule has 2 heterocycles. The maximum Gasteiger partial charge on any atom is 0.161 e. The van der Waals surface area contributed by atoms with Crippen molar-refractivity contribution in [3.8, 4) is 28.8 Å². The van der Waals surface area contributed by atoms with Crippen LogP contribution in [0.2, 0.25) is 5.02 Å². The summed E-state index contributed by atoms with van der Waals surface area (Å²) in [6.45, 7) is 0. The molecule has 5 nitrogen and oxygen atoms in total. The van der Waals surface area contributed by atoms with Crippen LogP contribution in [0.5, 0.6) is 0 Å². The van der Waals surface area contributed by atoms with E-state index in [1.165, 1.54) is 0 Å². The third-order valence-electron chi connectivity index (χ3n) is 4.30. The maximum absolute atomic E-state index is 9.07. The molecule has 0 saturated carbocycles. The Bertz CT molecular complexity index is 1170. The van der Waals surface area contributed by atoms with Gasteiger partial charge in [-0.3, -0.25) is 4.68 Å². The number of halogens is 1. The number of nitrogens with zero attached hydrogens (tertiary/aromatic N) is 5. The summed E-state index contributed by atoms with van der Waals surface area (Å²) < 4.78 is 3.81. The van der Waals surface area contributed by atoms with Crippen LogP contribution in [0.3, 0.4) is 0 Å². The van der Waals surface area contributed by atoms with Crippen LogP contribution in [0.1, 0.15) is 5.56 Å². The number of nitriles is 1. The Morgan fingerprint density at radius 2 is 1.71 bits per heavy atom. The lowest BCUT2D eigenvalue weighted by atomic mass is 10.1. The second kappa shape index (κ2) is 7.55. The molecular formula is C21H16ClN5S. The van der Waals surface area contributed by atoms with Gasteiger partial charge in [0, 0.05) is 35.8 Å². The molecule has 0 fully saturated rings. The summed E-state index contributed by atoms with van der Waals surface area (Å²) in [6.07, 6.45) is 1.90. The van der Waals surface area contributed by atoms with Crippen molar-refractivity contribution in [3.05, 3.63) is 71.4 Å². The molecule has 0 atom stereocenters. The molecule has 7 heteroatoms. The molecule has 28 heavy (non-hydrogen) atoms. The molecule has 4 aromatic rings. The van der Waals surface area contributed by atoms with Crippen molar-refractivity contribution < 1.29 is 0 Å². The van der Waals surface area contributed by atoms with Gasteiger partial charge in [0.1, 0.15) is 16.4 Å². The molecule has 2 aromatic carbocycles. The van der Waals surface area contributed by atoms with Gasteiger partial charge in [0.05, 0.1) is 11.6 Å². The lowest BCUT2D eigenvalue weighted by Gasteiger charge is -2.07. The van der Waals surface area contributed by atoms with E-state index in [4.69, 9.17) is 21.8 Å². The second-order valence-electron chi connectivity index (χ2n) is 6.27. The Kier molecular flexibility index (Phi) is 4.95. The summed E-state index contributed by atoms with van der Waals surface area (Å²) in [5, 5.41) is 15.3. The molecule has 0 saturated heterocycles. The highest BCUT2D eigenvalue weighted by Gasteiger charge is 2.20. The monoisotopic (exact) mass is 405 g/mol. The summed E-state index contributed by atoms with van der Waals surface area (Å²) in [6, 6.07) is 19.3. The van der Waals surface area contributed by atoms with Crippen molar-refractivity contribution in [1.82, 2.24) is 19.3 Å². The van der Waals surface area contributed by atoms with Crippen molar-refractivity contribution in [2.24, 2.45) is 14.1 Å². The molecule has 0 bridgehead atoms. The molecule has 4 rings (SSSR count). The first kappa shape index (κ1) is 18.4. The Labute approximate surface area is 172 Å². The molecule has 0 radical (unpaired) electrons. The first-order valence-corrected chi connectivity index (χ1v) is 9.75. The molecule has 0 unspecified atom stereocenters. The quantitative estimate of drug-likeness (QED) is 0.470. The number of hydrogen-bond acceptors (Lipinski definition) is 4. The average molecular weight is 406 g/mol. The van der Waals surface area contributed by atoms with Crippen molar-refractivity contribution in [2.75, 3.05) is 0 Å². The third-order valence-corrected chi connectivity index (χ3v) is 5.72. The minimum absolute atomic E-state index is 0.622. The van der Waals surface area contributed by atoms with Gasteiger partial charge in [-0.2, -0.15) is 10.4 Å². The summed E-state index contributed by atoms with van der Waals surface area (Å²) in [4.78, 5) is 5.95. The molecule has 0 aliphatic rings. The minimum Gasteiger partial charge on any atom is -0.320 e. The van der Waals surface area contributed by atoms with Gasteiger partial charge in [-0.15, -0.1) is 0 Å².